The van der Waals surface area contributed by atoms with Gasteiger partial charge in [-0.3, -0.25) is 5.10 Å². The van der Waals surface area contributed by atoms with Gasteiger partial charge in [-0.05, 0) is 36.8 Å². The minimum atomic E-state index is 0.534. The van der Waals surface area contributed by atoms with Crippen molar-refractivity contribution in [1.29, 1.82) is 0 Å². The van der Waals surface area contributed by atoms with Crippen LogP contribution in [0.4, 0.5) is 0 Å². The summed E-state index contributed by atoms with van der Waals surface area (Å²) in [5.74, 6) is 1.44. The van der Waals surface area contributed by atoms with Crippen molar-refractivity contribution in [3.05, 3.63) is 39.4 Å². The Bertz CT molecular complexity index is 607. The van der Waals surface area contributed by atoms with Crippen molar-refractivity contribution in [1.82, 2.24) is 14.9 Å². The second-order valence-corrected chi connectivity index (χ2v) is 4.51. The van der Waals surface area contributed by atoms with Gasteiger partial charge in [-0.25, -0.2) is 4.68 Å². The summed E-state index contributed by atoms with van der Waals surface area (Å²) in [7, 11) is 1.59. The third kappa shape index (κ3) is 2.65. The molecule has 1 heterocycles. The zero-order chi connectivity index (χ0) is 13.1. The van der Waals surface area contributed by atoms with Crippen LogP contribution in [0.2, 0.25) is 5.02 Å². The number of methoxy groups -OCH3 is 1. The minimum absolute atomic E-state index is 0.534. The van der Waals surface area contributed by atoms with E-state index >= 15 is 0 Å². The van der Waals surface area contributed by atoms with Crippen LogP contribution in [0, 0.1) is 11.7 Å². The van der Waals surface area contributed by atoms with Gasteiger partial charge >= 0.3 is 0 Å². The Labute approximate surface area is 115 Å². The molecule has 18 heavy (non-hydrogen) atoms. The molecule has 0 bridgehead atoms. The van der Waals surface area contributed by atoms with E-state index < -0.39 is 0 Å². The second kappa shape index (κ2) is 5.41. The highest BCUT2D eigenvalue weighted by molar-refractivity contribution is 7.71. The van der Waals surface area contributed by atoms with Crippen molar-refractivity contribution >= 4 is 23.8 Å². The first-order chi connectivity index (χ1) is 8.61. The predicted octanol–water partition coefficient (Wildman–Crippen LogP) is 2.65. The Morgan fingerprint density at radius 1 is 1.56 bits per heavy atom. The Hall–Kier alpha value is -1.53. The predicted molar refractivity (Wildman–Crippen MR) is 73.2 cm³/mol. The SMILES string of the molecule is COc1ccc(CNn2c(C)n[nH]c2=S)cc1Cl. The molecule has 0 saturated heterocycles. The van der Waals surface area contributed by atoms with Gasteiger partial charge in [-0.15, -0.1) is 0 Å². The van der Waals surface area contributed by atoms with E-state index in [4.69, 9.17) is 28.6 Å². The summed E-state index contributed by atoms with van der Waals surface area (Å²) in [6, 6.07) is 5.63. The molecule has 7 heteroatoms. The van der Waals surface area contributed by atoms with Crippen LogP contribution >= 0.6 is 23.8 Å². The van der Waals surface area contributed by atoms with E-state index in [0.717, 1.165) is 11.4 Å². The summed E-state index contributed by atoms with van der Waals surface area (Å²) in [5, 5.41) is 7.31. The van der Waals surface area contributed by atoms with Crippen LogP contribution in [0.25, 0.3) is 0 Å². The van der Waals surface area contributed by atoms with Crippen molar-refractivity contribution in [3.8, 4) is 5.75 Å². The molecule has 0 atom stereocenters. The fourth-order valence-electron chi connectivity index (χ4n) is 1.55. The van der Waals surface area contributed by atoms with Crippen molar-refractivity contribution in [2.75, 3.05) is 12.5 Å². The van der Waals surface area contributed by atoms with E-state index in [0.29, 0.717) is 22.1 Å². The number of aromatic nitrogens is 3. The molecular formula is C11H13ClN4OS. The van der Waals surface area contributed by atoms with E-state index in [2.05, 4.69) is 15.6 Å². The minimum Gasteiger partial charge on any atom is -0.495 e. The molecule has 0 spiro atoms. The molecule has 5 nitrogen and oxygen atoms in total. The molecule has 0 aliphatic rings. The average molecular weight is 285 g/mol. The van der Waals surface area contributed by atoms with Crippen molar-refractivity contribution in [3.63, 3.8) is 0 Å². The number of nitrogens with zero attached hydrogens (tertiary/aromatic N) is 2. The summed E-state index contributed by atoms with van der Waals surface area (Å²) in [4.78, 5) is 0. The number of H-pyrrole nitrogens is 1. The van der Waals surface area contributed by atoms with Crippen LogP contribution in [0.3, 0.4) is 0 Å². The van der Waals surface area contributed by atoms with Crippen molar-refractivity contribution < 1.29 is 4.74 Å². The molecule has 0 saturated carbocycles. The van der Waals surface area contributed by atoms with Crippen LogP contribution in [-0.2, 0) is 6.54 Å². The highest BCUT2D eigenvalue weighted by atomic mass is 35.5. The van der Waals surface area contributed by atoms with Gasteiger partial charge in [0.2, 0.25) is 4.77 Å². The summed E-state index contributed by atoms with van der Waals surface area (Å²) in [6.45, 7) is 2.46. The lowest BCUT2D eigenvalue weighted by Gasteiger charge is -2.09. The van der Waals surface area contributed by atoms with Crippen molar-refractivity contribution in [2.24, 2.45) is 0 Å². The largest absolute Gasteiger partial charge is 0.495 e. The molecule has 2 aromatic rings. The smallest absolute Gasteiger partial charge is 0.214 e. The number of halogens is 1. The maximum atomic E-state index is 6.05. The van der Waals surface area contributed by atoms with Crippen LogP contribution in [-0.4, -0.2) is 22.0 Å². The standard InChI is InChI=1S/C11H13ClN4OS/c1-7-14-15-11(18)16(7)13-6-8-3-4-10(17-2)9(12)5-8/h3-5,13H,6H2,1-2H3,(H,15,18). The number of benzene rings is 1. The average Bonchev–Trinajstić information content (AvgIpc) is 2.67. The molecule has 2 rings (SSSR count). The van der Waals surface area contributed by atoms with Gasteiger partial charge in [0.25, 0.3) is 0 Å². The molecular weight excluding hydrogens is 272 g/mol. The summed E-state index contributed by atoms with van der Waals surface area (Å²) in [5.41, 5.74) is 4.19. The normalized spacial score (nSPS) is 10.4. The molecule has 2 N–H and O–H groups in total. The third-order valence-electron chi connectivity index (χ3n) is 2.50. The molecule has 0 radical (unpaired) electrons. The lowest BCUT2D eigenvalue weighted by atomic mass is 10.2. The van der Waals surface area contributed by atoms with Crippen LogP contribution in [0.15, 0.2) is 18.2 Å². The maximum absolute atomic E-state index is 6.05. The molecule has 1 aromatic carbocycles. The van der Waals surface area contributed by atoms with E-state index in [-0.39, 0.29) is 0 Å². The Morgan fingerprint density at radius 3 is 2.89 bits per heavy atom. The third-order valence-corrected chi connectivity index (χ3v) is 3.07. The number of aromatic amines is 1. The molecule has 0 fully saturated rings. The van der Waals surface area contributed by atoms with Gasteiger partial charge in [0.15, 0.2) is 0 Å². The lowest BCUT2D eigenvalue weighted by Crippen LogP contribution is -2.16. The number of nitrogens with one attached hydrogen (secondary N) is 2. The number of aryl methyl sites for hydroxylation is 1. The molecule has 0 unspecified atom stereocenters. The van der Waals surface area contributed by atoms with E-state index in [1.807, 2.05) is 25.1 Å². The monoisotopic (exact) mass is 284 g/mol. The zero-order valence-electron chi connectivity index (χ0n) is 10.0. The highest BCUT2D eigenvalue weighted by Gasteiger charge is 2.03. The fraction of sp³-hybridized carbons (Fsp3) is 0.273. The first-order valence-corrected chi connectivity index (χ1v) is 6.10. The lowest BCUT2D eigenvalue weighted by molar-refractivity contribution is 0.415. The Balaban J connectivity index is 2.11. The maximum Gasteiger partial charge on any atom is 0.214 e. The van der Waals surface area contributed by atoms with Gasteiger partial charge in [0, 0.05) is 0 Å². The van der Waals surface area contributed by atoms with Gasteiger partial charge in [-0.2, -0.15) is 5.10 Å². The Morgan fingerprint density at radius 2 is 2.33 bits per heavy atom. The van der Waals surface area contributed by atoms with Gasteiger partial charge in [-0.1, -0.05) is 17.7 Å². The van der Waals surface area contributed by atoms with Crippen LogP contribution in [0.5, 0.6) is 5.75 Å². The van der Waals surface area contributed by atoms with Gasteiger partial charge in [0.05, 0.1) is 18.7 Å². The molecule has 96 valence electrons. The number of hydrogen-bond acceptors (Lipinski definition) is 4. The Kier molecular flexibility index (Phi) is 3.88. The molecule has 0 aliphatic heterocycles. The van der Waals surface area contributed by atoms with Gasteiger partial charge < -0.3 is 10.2 Å². The fourth-order valence-corrected chi connectivity index (χ4v) is 2.07. The highest BCUT2D eigenvalue weighted by Crippen LogP contribution is 2.24. The molecule has 0 aliphatic carbocycles. The summed E-state index contributed by atoms with van der Waals surface area (Å²) < 4.78 is 7.35. The second-order valence-electron chi connectivity index (χ2n) is 3.72. The van der Waals surface area contributed by atoms with E-state index in [9.17, 15) is 0 Å². The van der Waals surface area contributed by atoms with E-state index in [1.165, 1.54) is 0 Å². The first-order valence-electron chi connectivity index (χ1n) is 5.32. The molecule has 1 aromatic heterocycles. The summed E-state index contributed by atoms with van der Waals surface area (Å²) in [6.07, 6.45) is 0. The quantitative estimate of drug-likeness (QED) is 0.848. The first kappa shape index (κ1) is 12.9. The number of rotatable bonds is 4. The van der Waals surface area contributed by atoms with E-state index in [1.54, 1.807) is 11.8 Å². The van der Waals surface area contributed by atoms with Crippen molar-refractivity contribution in [2.45, 2.75) is 13.5 Å². The molecule has 0 amide bonds. The summed E-state index contributed by atoms with van der Waals surface area (Å²) >= 11 is 11.1. The van der Waals surface area contributed by atoms with Gasteiger partial charge in [0.1, 0.15) is 11.6 Å². The number of hydrogen-bond donors (Lipinski definition) is 2. The number of ether oxygens (including phenoxy) is 1. The van der Waals surface area contributed by atoms with Crippen LogP contribution < -0.4 is 10.2 Å². The van der Waals surface area contributed by atoms with Crippen LogP contribution in [0.1, 0.15) is 11.4 Å². The topological polar surface area (TPSA) is 54.9 Å². The zero-order valence-corrected chi connectivity index (χ0v) is 11.6.